The third kappa shape index (κ3) is 3.68. The molecule has 0 fully saturated rings. The van der Waals surface area contributed by atoms with E-state index in [1.165, 1.54) is 0 Å². The summed E-state index contributed by atoms with van der Waals surface area (Å²) in [6.45, 7) is 8.26. The van der Waals surface area contributed by atoms with Gasteiger partial charge in [-0.1, -0.05) is 25.7 Å². The van der Waals surface area contributed by atoms with Crippen LogP contribution in [-0.2, 0) is 4.79 Å². The first-order valence-corrected chi connectivity index (χ1v) is 9.24. The highest BCUT2D eigenvalue weighted by Crippen LogP contribution is 2.19. The highest BCUT2D eigenvalue weighted by atomic mass is 28.3. The molecule has 1 aromatic rings. The maximum atomic E-state index is 10.5. The van der Waals surface area contributed by atoms with Crippen LogP contribution in [0.3, 0.4) is 0 Å². The molecule has 94 valence electrons. The third-order valence-electron chi connectivity index (χ3n) is 2.58. The smallest absolute Gasteiger partial charge is 0.145 e. The van der Waals surface area contributed by atoms with Crippen molar-refractivity contribution < 1.29 is 14.3 Å². The van der Waals surface area contributed by atoms with Gasteiger partial charge in [-0.2, -0.15) is 0 Å². The maximum absolute atomic E-state index is 10.5. The van der Waals surface area contributed by atoms with Gasteiger partial charge < -0.3 is 9.52 Å². The molecule has 0 saturated carbocycles. The Morgan fingerprint density at radius 1 is 1.53 bits per heavy atom. The predicted molar refractivity (Wildman–Crippen MR) is 71.1 cm³/mol. The van der Waals surface area contributed by atoms with Gasteiger partial charge in [-0.15, -0.1) is 0 Å². The molecule has 1 atom stereocenters. The van der Waals surface area contributed by atoms with E-state index >= 15 is 0 Å². The molecule has 0 spiro atoms. The number of allylic oxidation sites excluding steroid dienone is 1. The molecule has 0 amide bonds. The van der Waals surface area contributed by atoms with Crippen molar-refractivity contribution in [3.63, 3.8) is 0 Å². The van der Waals surface area contributed by atoms with Gasteiger partial charge in [-0.05, 0) is 25.0 Å². The molecule has 0 saturated heterocycles. The summed E-state index contributed by atoms with van der Waals surface area (Å²) < 4.78 is 5.49. The summed E-state index contributed by atoms with van der Waals surface area (Å²) in [5.41, 5.74) is 1.50. The highest BCUT2D eigenvalue weighted by Gasteiger charge is 2.26. The fraction of sp³-hybridized carbons (Fsp3) is 0.462. The van der Waals surface area contributed by atoms with E-state index in [9.17, 15) is 9.90 Å². The first-order chi connectivity index (χ1) is 7.86. The van der Waals surface area contributed by atoms with Crippen LogP contribution < -0.4 is 5.38 Å². The van der Waals surface area contributed by atoms with Crippen LogP contribution in [0.2, 0.25) is 19.6 Å². The van der Waals surface area contributed by atoms with E-state index in [1.807, 2.05) is 6.07 Å². The van der Waals surface area contributed by atoms with E-state index in [1.54, 1.807) is 19.3 Å². The summed E-state index contributed by atoms with van der Waals surface area (Å²) in [5, 5.41) is 11.0. The third-order valence-corrected chi connectivity index (χ3v) is 4.35. The van der Waals surface area contributed by atoms with E-state index in [4.69, 9.17) is 4.42 Å². The van der Waals surface area contributed by atoms with Crippen LogP contribution in [0.15, 0.2) is 28.4 Å². The van der Waals surface area contributed by atoms with Gasteiger partial charge in [-0.3, -0.25) is 4.79 Å². The lowest BCUT2D eigenvalue weighted by Gasteiger charge is -2.17. The molecule has 0 aliphatic heterocycles. The standard InChI is InChI=1S/C13H20O3Si/c1-10(9-14)5-6-12(15)11-7-8-16-13(11)17(2,3)4/h5,7-9,12,15H,6H2,1-4H3. The van der Waals surface area contributed by atoms with Crippen molar-refractivity contribution in [3.05, 3.63) is 29.5 Å². The normalized spacial score (nSPS) is 14.8. The second-order valence-corrected chi connectivity index (χ2v) is 10.2. The molecular formula is C13H20O3Si. The van der Waals surface area contributed by atoms with Crippen LogP contribution in [0.25, 0.3) is 0 Å². The first kappa shape index (κ1) is 13.9. The number of hydrogen-bond donors (Lipinski definition) is 1. The summed E-state index contributed by atoms with van der Waals surface area (Å²) in [4.78, 5) is 10.5. The molecule has 1 aromatic heterocycles. The van der Waals surface area contributed by atoms with Gasteiger partial charge in [0.1, 0.15) is 14.4 Å². The number of aliphatic hydroxyl groups is 1. The molecule has 0 bridgehead atoms. The molecule has 1 rings (SSSR count). The Morgan fingerprint density at radius 3 is 2.71 bits per heavy atom. The SMILES string of the molecule is CC(C=O)=CCC(O)c1ccoc1[Si](C)(C)C. The summed E-state index contributed by atoms with van der Waals surface area (Å²) >= 11 is 0. The Hall–Kier alpha value is -1.13. The Kier molecular flexibility index (Phi) is 4.48. The van der Waals surface area contributed by atoms with Gasteiger partial charge in [0.15, 0.2) is 0 Å². The van der Waals surface area contributed by atoms with Crippen molar-refractivity contribution >= 4 is 19.7 Å². The van der Waals surface area contributed by atoms with E-state index in [2.05, 4.69) is 19.6 Å². The van der Waals surface area contributed by atoms with Crippen LogP contribution in [0, 0.1) is 0 Å². The number of rotatable bonds is 5. The van der Waals surface area contributed by atoms with Crippen molar-refractivity contribution in [1.82, 2.24) is 0 Å². The molecule has 4 heteroatoms. The molecule has 1 unspecified atom stereocenters. The number of furan rings is 1. The number of hydrogen-bond acceptors (Lipinski definition) is 3. The fourth-order valence-corrected chi connectivity index (χ4v) is 3.20. The van der Waals surface area contributed by atoms with E-state index < -0.39 is 14.2 Å². The van der Waals surface area contributed by atoms with Gasteiger partial charge in [-0.25, -0.2) is 0 Å². The summed E-state index contributed by atoms with van der Waals surface area (Å²) in [7, 11) is -1.57. The molecule has 0 aromatic carbocycles. The van der Waals surface area contributed by atoms with Crippen molar-refractivity contribution in [3.8, 4) is 0 Å². The quantitative estimate of drug-likeness (QED) is 0.497. The summed E-state index contributed by atoms with van der Waals surface area (Å²) in [6.07, 6.45) is 4.02. The van der Waals surface area contributed by atoms with Gasteiger partial charge >= 0.3 is 0 Å². The monoisotopic (exact) mass is 252 g/mol. The summed E-state index contributed by atoms with van der Waals surface area (Å²) in [6, 6.07) is 1.82. The second kappa shape index (κ2) is 5.47. The molecule has 3 nitrogen and oxygen atoms in total. The topological polar surface area (TPSA) is 50.4 Å². The van der Waals surface area contributed by atoms with Crippen LogP contribution in [-0.4, -0.2) is 19.5 Å². The highest BCUT2D eigenvalue weighted by molar-refractivity contribution is 6.88. The Bertz CT molecular complexity index is 413. The zero-order valence-electron chi connectivity index (χ0n) is 10.9. The maximum Gasteiger partial charge on any atom is 0.145 e. The lowest BCUT2D eigenvalue weighted by Crippen LogP contribution is -2.39. The van der Waals surface area contributed by atoms with Crippen LogP contribution in [0.1, 0.15) is 25.0 Å². The molecule has 0 aliphatic rings. The molecule has 17 heavy (non-hydrogen) atoms. The lowest BCUT2D eigenvalue weighted by molar-refractivity contribution is -0.104. The average molecular weight is 252 g/mol. The Balaban J connectivity index is 2.87. The largest absolute Gasteiger partial charge is 0.474 e. The van der Waals surface area contributed by atoms with Gasteiger partial charge in [0, 0.05) is 5.56 Å². The number of aldehydes is 1. The van der Waals surface area contributed by atoms with Gasteiger partial charge in [0.2, 0.25) is 0 Å². The predicted octanol–water partition coefficient (Wildman–Crippen LogP) is 2.39. The minimum Gasteiger partial charge on any atom is -0.474 e. The summed E-state index contributed by atoms with van der Waals surface area (Å²) in [5.74, 6) is 0. The van der Waals surface area contributed by atoms with E-state index in [-0.39, 0.29) is 0 Å². The van der Waals surface area contributed by atoms with Gasteiger partial charge in [0.05, 0.1) is 17.8 Å². The van der Waals surface area contributed by atoms with Crippen molar-refractivity contribution in [1.29, 1.82) is 0 Å². The van der Waals surface area contributed by atoms with Crippen LogP contribution in [0.4, 0.5) is 0 Å². The number of carbonyl (C=O) groups is 1. The van der Waals surface area contributed by atoms with Crippen molar-refractivity contribution in [2.24, 2.45) is 0 Å². The van der Waals surface area contributed by atoms with Gasteiger partial charge in [0.25, 0.3) is 0 Å². The van der Waals surface area contributed by atoms with Crippen molar-refractivity contribution in [2.75, 3.05) is 0 Å². The minimum atomic E-state index is -1.57. The van der Waals surface area contributed by atoms with Crippen LogP contribution in [0.5, 0.6) is 0 Å². The molecule has 1 N–H and O–H groups in total. The van der Waals surface area contributed by atoms with E-state index in [0.29, 0.717) is 12.0 Å². The number of aliphatic hydroxyl groups excluding tert-OH is 1. The second-order valence-electron chi connectivity index (χ2n) is 5.27. The molecule has 1 heterocycles. The molecule has 0 aliphatic carbocycles. The first-order valence-electron chi connectivity index (χ1n) is 5.74. The van der Waals surface area contributed by atoms with E-state index in [0.717, 1.165) is 17.2 Å². The average Bonchev–Trinajstić information content (AvgIpc) is 2.73. The zero-order chi connectivity index (χ0) is 13.1. The van der Waals surface area contributed by atoms with Crippen LogP contribution >= 0.6 is 0 Å². The zero-order valence-corrected chi connectivity index (χ0v) is 11.9. The van der Waals surface area contributed by atoms with Crippen molar-refractivity contribution in [2.45, 2.75) is 39.1 Å². The molecule has 0 radical (unpaired) electrons. The Morgan fingerprint density at radius 2 is 2.18 bits per heavy atom. The number of carbonyl (C=O) groups excluding carboxylic acids is 1. The minimum absolute atomic E-state index is 0.446. The fourth-order valence-electron chi connectivity index (χ4n) is 1.66. The lowest BCUT2D eigenvalue weighted by atomic mass is 10.1. The Labute approximate surface area is 103 Å². The molecular weight excluding hydrogens is 232 g/mol.